The molecule has 44 heavy (non-hydrogen) atoms. The summed E-state index contributed by atoms with van der Waals surface area (Å²) in [5, 5.41) is 18.6. The monoisotopic (exact) mass is 587 g/mol. The summed E-state index contributed by atoms with van der Waals surface area (Å²) in [6, 6.07) is 21.2. The van der Waals surface area contributed by atoms with E-state index in [1.165, 1.54) is 6.07 Å². The van der Waals surface area contributed by atoms with Gasteiger partial charge in [-0.3, -0.25) is 4.98 Å². The number of carboxylic acids is 1. The summed E-state index contributed by atoms with van der Waals surface area (Å²) in [6.07, 6.45) is 8.78. The number of nitrogens with zero attached hydrogens (tertiary/aromatic N) is 5. The topological polar surface area (TPSA) is 114 Å². The van der Waals surface area contributed by atoms with E-state index < -0.39 is 11.8 Å². The molecule has 1 atom stereocenters. The zero-order valence-electron chi connectivity index (χ0n) is 24.0. The Morgan fingerprint density at radius 3 is 2.70 bits per heavy atom. The number of rotatable bonds is 8. The number of aromatic carboxylic acids is 1. The number of ether oxygens (including phenoxy) is 1. The van der Waals surface area contributed by atoms with Gasteiger partial charge in [-0.1, -0.05) is 18.2 Å². The first-order valence-corrected chi connectivity index (χ1v) is 14.8. The van der Waals surface area contributed by atoms with Gasteiger partial charge in [0.25, 0.3) is 0 Å². The predicted octanol–water partition coefficient (Wildman–Crippen LogP) is 6.99. The van der Waals surface area contributed by atoms with Gasteiger partial charge in [0.2, 0.25) is 5.88 Å². The number of hydrogen-bond donors (Lipinski definition) is 1. The Kier molecular flexibility index (Phi) is 7.05. The fraction of sp³-hybridized carbons (Fsp3) is 0.286. The van der Waals surface area contributed by atoms with Crippen LogP contribution in [-0.2, 0) is 13.2 Å². The largest absolute Gasteiger partial charge is 0.478 e. The average molecular weight is 588 g/mol. The van der Waals surface area contributed by atoms with Gasteiger partial charge in [-0.05, 0) is 85.5 Å². The number of hydrogen-bond acceptors (Lipinski definition) is 6. The van der Waals surface area contributed by atoms with Crippen LogP contribution in [0.5, 0.6) is 5.88 Å². The van der Waals surface area contributed by atoms with E-state index in [1.807, 2.05) is 42.6 Å². The summed E-state index contributed by atoms with van der Waals surface area (Å²) in [5.41, 5.74) is 4.77. The highest BCUT2D eigenvalue weighted by atomic mass is 19.1. The highest BCUT2D eigenvalue weighted by molar-refractivity contribution is 5.92. The van der Waals surface area contributed by atoms with Crippen molar-refractivity contribution >= 4 is 17.0 Å². The third-order valence-electron chi connectivity index (χ3n) is 9.29. The predicted molar refractivity (Wildman–Crippen MR) is 161 cm³/mol. The summed E-state index contributed by atoms with van der Waals surface area (Å²) in [6.45, 7) is 0.623. The Bertz CT molecular complexity index is 1910. The van der Waals surface area contributed by atoms with Crippen LogP contribution in [0.4, 0.5) is 4.39 Å². The molecule has 1 unspecified atom stereocenters. The summed E-state index contributed by atoms with van der Waals surface area (Å²) in [5.74, 6) is 0.686. The van der Waals surface area contributed by atoms with Crippen molar-refractivity contribution < 1.29 is 19.0 Å². The van der Waals surface area contributed by atoms with Crippen molar-refractivity contribution in [3.05, 3.63) is 119 Å². The second-order valence-electron chi connectivity index (χ2n) is 11.9. The summed E-state index contributed by atoms with van der Waals surface area (Å²) >= 11 is 0. The molecule has 220 valence electrons. The van der Waals surface area contributed by atoms with E-state index in [0.717, 1.165) is 60.2 Å². The number of benzene rings is 2. The Hall–Kier alpha value is -5.10. The molecule has 0 amide bonds. The lowest BCUT2D eigenvalue weighted by atomic mass is 9.77. The van der Waals surface area contributed by atoms with Crippen molar-refractivity contribution in [2.24, 2.45) is 5.41 Å². The Morgan fingerprint density at radius 1 is 1.09 bits per heavy atom. The van der Waals surface area contributed by atoms with Crippen molar-refractivity contribution in [1.82, 2.24) is 19.5 Å². The standard InChI is InChI=1S/C35H30FN5O3/c36-28-15-22(18-37)6-7-26(28)21-44-32-5-1-4-29(39-32)24-10-12-35(13-11-24)17-27(35)33-40-30-9-8-25(34(42)43)16-31(30)41(33)20-23-3-2-14-38-19-23/h1-9,14-16,19,24,27H,10-13,17,20-21H2,(H,42,43). The first-order valence-electron chi connectivity index (χ1n) is 14.8. The Morgan fingerprint density at radius 2 is 1.95 bits per heavy atom. The van der Waals surface area contributed by atoms with Crippen LogP contribution in [0, 0.1) is 22.6 Å². The smallest absolute Gasteiger partial charge is 0.335 e. The SMILES string of the molecule is N#Cc1ccc(COc2cccc(C3CCC4(CC3)CC4c3nc4ccc(C(=O)O)cc4n3Cc3cccnc3)n2)c(F)c1. The molecule has 0 aliphatic heterocycles. The third kappa shape index (κ3) is 5.28. The van der Waals surface area contributed by atoms with Crippen LogP contribution >= 0.6 is 0 Å². The molecule has 0 bridgehead atoms. The van der Waals surface area contributed by atoms with Crippen molar-refractivity contribution in [1.29, 1.82) is 5.26 Å². The van der Waals surface area contributed by atoms with Crippen molar-refractivity contribution in [2.75, 3.05) is 0 Å². The van der Waals surface area contributed by atoms with E-state index >= 15 is 0 Å². The number of halogens is 1. The van der Waals surface area contributed by atoms with Gasteiger partial charge in [-0.25, -0.2) is 19.2 Å². The third-order valence-corrected chi connectivity index (χ3v) is 9.29. The summed E-state index contributed by atoms with van der Waals surface area (Å²) in [4.78, 5) is 25.8. The highest BCUT2D eigenvalue weighted by Crippen LogP contribution is 2.67. The van der Waals surface area contributed by atoms with Crippen molar-refractivity contribution in [2.45, 2.75) is 57.1 Å². The number of nitriles is 1. The molecule has 3 aromatic heterocycles. The van der Waals surface area contributed by atoms with Crippen LogP contribution in [-0.4, -0.2) is 30.6 Å². The maximum Gasteiger partial charge on any atom is 0.335 e. The minimum absolute atomic E-state index is 0.0391. The molecule has 9 heteroatoms. The second kappa shape index (κ2) is 11.2. The Labute approximate surface area is 253 Å². The van der Waals surface area contributed by atoms with Crippen LogP contribution in [0.2, 0.25) is 0 Å². The molecule has 2 fully saturated rings. The number of imidazole rings is 1. The lowest BCUT2D eigenvalue weighted by Crippen LogP contribution is -2.18. The number of carboxylic acid groups (broad SMARTS) is 1. The number of aromatic nitrogens is 4. The molecule has 5 aromatic rings. The molecule has 0 radical (unpaired) electrons. The van der Waals surface area contributed by atoms with Crippen molar-refractivity contribution in [3.8, 4) is 11.9 Å². The second-order valence-corrected chi connectivity index (χ2v) is 11.9. The van der Waals surface area contributed by atoms with Gasteiger partial charge < -0.3 is 14.4 Å². The first-order chi connectivity index (χ1) is 21.4. The molecule has 0 saturated heterocycles. The van der Waals surface area contributed by atoms with Crippen LogP contribution in [0.3, 0.4) is 0 Å². The van der Waals surface area contributed by atoms with Crippen LogP contribution in [0.1, 0.15) is 82.5 Å². The molecule has 2 aliphatic carbocycles. The summed E-state index contributed by atoms with van der Waals surface area (Å²) < 4.78 is 22.3. The first kappa shape index (κ1) is 27.7. The van der Waals surface area contributed by atoms with Crippen LogP contribution in [0.15, 0.2) is 79.1 Å². The molecule has 2 aromatic carbocycles. The lowest BCUT2D eigenvalue weighted by Gasteiger charge is -2.29. The zero-order valence-corrected chi connectivity index (χ0v) is 24.0. The maximum absolute atomic E-state index is 14.3. The highest BCUT2D eigenvalue weighted by Gasteiger charge is 2.57. The number of fused-ring (bicyclic) bond motifs is 1. The molecule has 2 saturated carbocycles. The lowest BCUT2D eigenvalue weighted by molar-refractivity contribution is 0.0697. The quantitative estimate of drug-likeness (QED) is 0.208. The normalized spacial score (nSPS) is 20.8. The van der Waals surface area contributed by atoms with Gasteiger partial charge in [-0.15, -0.1) is 0 Å². The molecule has 7 rings (SSSR count). The Balaban J connectivity index is 1.06. The molecule has 1 spiro atoms. The van der Waals surface area contributed by atoms with Gasteiger partial charge in [0.15, 0.2) is 0 Å². The molecular formula is C35H30FN5O3. The van der Waals surface area contributed by atoms with E-state index in [2.05, 4.69) is 9.55 Å². The average Bonchev–Trinajstić information content (AvgIpc) is 3.62. The number of pyridine rings is 2. The maximum atomic E-state index is 14.3. The van der Waals surface area contributed by atoms with Crippen LogP contribution in [0.25, 0.3) is 11.0 Å². The van der Waals surface area contributed by atoms with E-state index in [4.69, 9.17) is 20.0 Å². The minimum Gasteiger partial charge on any atom is -0.478 e. The molecule has 3 heterocycles. The van der Waals surface area contributed by atoms with Gasteiger partial charge in [-0.2, -0.15) is 5.26 Å². The molecule has 1 N–H and O–H groups in total. The van der Waals surface area contributed by atoms with E-state index in [0.29, 0.717) is 29.8 Å². The van der Waals surface area contributed by atoms with Crippen LogP contribution < -0.4 is 4.74 Å². The zero-order chi connectivity index (χ0) is 30.3. The van der Waals surface area contributed by atoms with Gasteiger partial charge in [0, 0.05) is 41.6 Å². The molecular weight excluding hydrogens is 557 g/mol. The molecule has 2 aliphatic rings. The summed E-state index contributed by atoms with van der Waals surface area (Å²) in [7, 11) is 0. The fourth-order valence-corrected chi connectivity index (χ4v) is 6.76. The molecule has 8 nitrogen and oxygen atoms in total. The van der Waals surface area contributed by atoms with Gasteiger partial charge >= 0.3 is 5.97 Å². The van der Waals surface area contributed by atoms with E-state index in [-0.39, 0.29) is 23.1 Å². The fourth-order valence-electron chi connectivity index (χ4n) is 6.76. The van der Waals surface area contributed by atoms with Gasteiger partial charge in [0.05, 0.1) is 34.8 Å². The minimum atomic E-state index is -0.951. The van der Waals surface area contributed by atoms with Gasteiger partial charge in [0.1, 0.15) is 18.2 Å². The van der Waals surface area contributed by atoms with E-state index in [9.17, 15) is 14.3 Å². The van der Waals surface area contributed by atoms with Crippen molar-refractivity contribution in [3.63, 3.8) is 0 Å². The van der Waals surface area contributed by atoms with E-state index in [1.54, 1.807) is 36.5 Å². The number of carbonyl (C=O) groups is 1.